The number of hydrogen-bond donors (Lipinski definition) is 3. The normalized spacial score (nSPS) is 20.1. The predicted octanol–water partition coefficient (Wildman–Crippen LogP) is 2.13. The van der Waals surface area contributed by atoms with E-state index < -0.39 is 18.0 Å². The first-order chi connectivity index (χ1) is 20.1. The number of nitrogens with one attached hydrogen (secondary N) is 2. The third kappa shape index (κ3) is 7.93. The number of piperidine rings is 1. The van der Waals surface area contributed by atoms with Crippen molar-refractivity contribution in [2.24, 2.45) is 17.6 Å². The van der Waals surface area contributed by atoms with E-state index in [1.165, 1.54) is 21.8 Å². The third-order valence-corrected chi connectivity index (χ3v) is 8.74. The largest absolute Gasteiger partial charge is 0.370 e. The van der Waals surface area contributed by atoms with Gasteiger partial charge in [-0.2, -0.15) is 0 Å². The quantitative estimate of drug-likeness (QED) is 0.193. The Morgan fingerprint density at radius 3 is 2.64 bits per heavy atom. The second-order valence-corrected chi connectivity index (χ2v) is 12.4. The predicted molar refractivity (Wildman–Crippen MR) is 161 cm³/mol. The van der Waals surface area contributed by atoms with E-state index in [9.17, 15) is 19.2 Å². The molecule has 11 nitrogen and oxygen atoms in total. The Labute approximate surface area is 251 Å². The number of amides is 3. The van der Waals surface area contributed by atoms with Crippen LogP contribution < -0.4 is 11.1 Å². The number of aryl methyl sites for hydroxylation is 1. The van der Waals surface area contributed by atoms with E-state index in [0.717, 1.165) is 25.7 Å². The van der Waals surface area contributed by atoms with Crippen LogP contribution in [0.4, 0.5) is 0 Å². The molecule has 1 aromatic heterocycles. The van der Waals surface area contributed by atoms with Crippen LogP contribution in [0.1, 0.15) is 54.9 Å². The van der Waals surface area contributed by atoms with Crippen molar-refractivity contribution in [2.45, 2.75) is 58.0 Å². The Morgan fingerprint density at radius 2 is 1.98 bits per heavy atom. The van der Waals surface area contributed by atoms with Crippen LogP contribution in [0.25, 0.3) is 0 Å². The van der Waals surface area contributed by atoms with Gasteiger partial charge in [-0.1, -0.05) is 44.2 Å². The minimum absolute atomic E-state index is 0.00588. The van der Waals surface area contributed by atoms with E-state index >= 15 is 0 Å². The van der Waals surface area contributed by atoms with Gasteiger partial charge in [-0.25, -0.2) is 4.98 Å². The number of piperazine rings is 1. The zero-order chi connectivity index (χ0) is 30.2. The van der Waals surface area contributed by atoms with Gasteiger partial charge < -0.3 is 25.8 Å². The van der Waals surface area contributed by atoms with Gasteiger partial charge in [-0.15, -0.1) is 11.3 Å². The molecule has 42 heavy (non-hydrogen) atoms. The second-order valence-electron chi connectivity index (χ2n) is 11.5. The van der Waals surface area contributed by atoms with Crippen molar-refractivity contribution in [1.82, 2.24) is 25.0 Å². The Balaban J connectivity index is 1.41. The molecule has 1 aromatic carbocycles. The zero-order valence-electron chi connectivity index (χ0n) is 24.3. The topological polar surface area (TPSA) is 153 Å². The number of thiazole rings is 1. The van der Waals surface area contributed by atoms with Crippen LogP contribution >= 0.6 is 11.3 Å². The van der Waals surface area contributed by atoms with E-state index in [-0.39, 0.29) is 48.5 Å². The molecule has 2 saturated heterocycles. The van der Waals surface area contributed by atoms with Crippen LogP contribution in [0.15, 0.2) is 41.9 Å². The summed E-state index contributed by atoms with van der Waals surface area (Å²) in [6.07, 6.45) is 5.12. The van der Waals surface area contributed by atoms with Crippen LogP contribution in [0.5, 0.6) is 0 Å². The number of rotatable bonds is 12. The summed E-state index contributed by atoms with van der Waals surface area (Å²) < 4.78 is 0. The number of nitrogens with two attached hydrogens (primary N) is 1. The van der Waals surface area contributed by atoms with E-state index in [1.54, 1.807) is 21.4 Å². The molecule has 0 saturated carbocycles. The molecule has 12 heteroatoms. The summed E-state index contributed by atoms with van der Waals surface area (Å²) in [5, 5.41) is 12.7. The first-order valence-corrected chi connectivity index (χ1v) is 15.5. The molecule has 0 spiro atoms. The third-order valence-electron chi connectivity index (χ3n) is 7.95. The Kier molecular flexibility index (Phi) is 10.7. The smallest absolute Gasteiger partial charge is 0.246 e. The van der Waals surface area contributed by atoms with Crippen LogP contribution in [0.3, 0.4) is 0 Å². The Bertz CT molecular complexity index is 1250. The Hall–Kier alpha value is -3.80. The lowest BCUT2D eigenvalue weighted by atomic mass is 9.90. The van der Waals surface area contributed by atoms with Gasteiger partial charge in [-0.05, 0) is 49.5 Å². The molecule has 3 atom stereocenters. The van der Waals surface area contributed by atoms with Crippen molar-refractivity contribution in [1.29, 1.82) is 5.41 Å². The molecule has 4 N–H and O–H groups in total. The van der Waals surface area contributed by atoms with Crippen molar-refractivity contribution < 1.29 is 19.2 Å². The average Bonchev–Trinajstić information content (AvgIpc) is 3.50. The minimum atomic E-state index is -0.844. The fourth-order valence-electron chi connectivity index (χ4n) is 5.88. The molecule has 2 aliphatic rings. The minimum Gasteiger partial charge on any atom is -0.370 e. The van der Waals surface area contributed by atoms with Gasteiger partial charge in [-0.3, -0.25) is 24.6 Å². The summed E-state index contributed by atoms with van der Waals surface area (Å²) in [5.41, 5.74) is 6.88. The molecule has 226 valence electrons. The highest BCUT2D eigenvalue weighted by Crippen LogP contribution is 2.24. The first-order valence-electron chi connectivity index (χ1n) is 14.6. The summed E-state index contributed by atoms with van der Waals surface area (Å²) in [4.78, 5) is 62.4. The standard InChI is InChI=1S/C30H41N7O4S/c1-20(2)26-29(41)35(13-6-10-21-8-4-3-5-9-21)19-25(39)37(26)18-24(38)34-23(27(40)28-33-12-15-42-28)16-22-11-7-14-36(17-22)30(31)32/h3-5,8-9,12,15,20,22-23,26H,6-7,10-11,13-14,16-19H2,1-2H3,(H3,31,32)(H,34,38)/t22-,23-,26-/m0/s1. The van der Waals surface area contributed by atoms with Gasteiger partial charge >= 0.3 is 0 Å². The maximum atomic E-state index is 13.5. The molecule has 3 amide bonds. The SMILES string of the molecule is CC(C)[C@H]1C(=O)N(CCCc2ccccc2)CC(=O)N1CC(=O)N[C@@H](C[C@@H]1CCCN(C(=N)N)C1)C(=O)c1nccs1. The summed E-state index contributed by atoms with van der Waals surface area (Å²) in [6, 6.07) is 8.40. The molecule has 2 aliphatic heterocycles. The summed E-state index contributed by atoms with van der Waals surface area (Å²) in [5.74, 6) is -1.38. The first kappa shape index (κ1) is 31.1. The second kappa shape index (κ2) is 14.4. The molecule has 0 unspecified atom stereocenters. The van der Waals surface area contributed by atoms with Crippen molar-refractivity contribution in [3.05, 3.63) is 52.5 Å². The number of guanidine groups is 1. The monoisotopic (exact) mass is 595 g/mol. The Morgan fingerprint density at radius 1 is 1.21 bits per heavy atom. The highest BCUT2D eigenvalue weighted by molar-refractivity contribution is 7.11. The molecular weight excluding hydrogens is 554 g/mol. The fourth-order valence-corrected chi connectivity index (χ4v) is 6.51. The highest BCUT2D eigenvalue weighted by Gasteiger charge is 2.42. The number of ketones is 1. The van der Waals surface area contributed by atoms with Gasteiger partial charge in [0.15, 0.2) is 11.0 Å². The lowest BCUT2D eigenvalue weighted by molar-refractivity contribution is -0.159. The van der Waals surface area contributed by atoms with E-state index in [4.69, 9.17) is 11.1 Å². The van der Waals surface area contributed by atoms with Crippen molar-refractivity contribution in [3.63, 3.8) is 0 Å². The molecule has 3 heterocycles. The summed E-state index contributed by atoms with van der Waals surface area (Å²) in [7, 11) is 0. The van der Waals surface area contributed by atoms with Crippen LogP contribution in [-0.4, -0.2) is 94.0 Å². The summed E-state index contributed by atoms with van der Waals surface area (Å²) >= 11 is 1.21. The molecule has 2 aromatic rings. The molecule has 4 rings (SSSR count). The molecule has 0 bridgehead atoms. The number of nitrogens with zero attached hydrogens (tertiary/aromatic N) is 4. The van der Waals surface area contributed by atoms with Gasteiger partial charge in [0.2, 0.25) is 23.5 Å². The molecular formula is C30H41N7O4S. The molecule has 2 fully saturated rings. The van der Waals surface area contributed by atoms with Crippen LogP contribution in [0.2, 0.25) is 0 Å². The fraction of sp³-hybridized carbons (Fsp3) is 0.533. The maximum Gasteiger partial charge on any atom is 0.246 e. The lowest BCUT2D eigenvalue weighted by Crippen LogP contribution is -2.63. The number of benzene rings is 1. The zero-order valence-corrected chi connectivity index (χ0v) is 25.1. The molecule has 0 aliphatic carbocycles. The van der Waals surface area contributed by atoms with Crippen LogP contribution in [0, 0.1) is 17.2 Å². The van der Waals surface area contributed by atoms with Crippen molar-refractivity contribution >= 4 is 40.8 Å². The number of carbonyl (C=O) groups excluding carboxylic acids is 4. The molecule has 0 radical (unpaired) electrons. The van der Waals surface area contributed by atoms with Gasteiger partial charge in [0.05, 0.1) is 12.6 Å². The van der Waals surface area contributed by atoms with Crippen LogP contribution in [-0.2, 0) is 20.8 Å². The van der Waals surface area contributed by atoms with Gasteiger partial charge in [0, 0.05) is 31.2 Å². The number of Topliss-reactive ketones (excluding diaryl/α,β-unsaturated/α-hetero) is 1. The average molecular weight is 596 g/mol. The highest BCUT2D eigenvalue weighted by atomic mass is 32.1. The number of carbonyl (C=O) groups is 4. The summed E-state index contributed by atoms with van der Waals surface area (Å²) in [6.45, 7) is 5.03. The van der Waals surface area contributed by atoms with E-state index in [0.29, 0.717) is 31.1 Å². The van der Waals surface area contributed by atoms with Crippen molar-refractivity contribution in [3.8, 4) is 0 Å². The number of likely N-dealkylation sites (tertiary alicyclic amines) is 1. The van der Waals surface area contributed by atoms with E-state index in [2.05, 4.69) is 10.3 Å². The number of hydrogen-bond acceptors (Lipinski definition) is 7. The van der Waals surface area contributed by atoms with E-state index in [1.807, 2.05) is 44.2 Å². The lowest BCUT2D eigenvalue weighted by Gasteiger charge is -2.42. The number of aromatic nitrogens is 1. The van der Waals surface area contributed by atoms with Gasteiger partial charge in [0.25, 0.3) is 0 Å². The van der Waals surface area contributed by atoms with Gasteiger partial charge in [0.1, 0.15) is 12.6 Å². The maximum absolute atomic E-state index is 13.5. The van der Waals surface area contributed by atoms with Crippen molar-refractivity contribution in [2.75, 3.05) is 32.7 Å².